The smallest absolute Gasteiger partial charge is 0.178 e. The quantitative estimate of drug-likeness (QED) is 0.746. The minimum atomic E-state index is 0.178. The van der Waals surface area contributed by atoms with Gasteiger partial charge in [-0.2, -0.15) is 0 Å². The topological polar surface area (TPSA) is 52.3 Å². The molecule has 0 aromatic rings. The predicted octanol–water partition coefficient (Wildman–Crippen LogP) is 5.09. The standard InChI is InChI=1S/C24H39NO2/c1-5-27-14-15(2)17-8-9-18-16-6-7-20-22(25)21(26)11-13-24(20,4)19(16)10-12-23(17,18)3/h15-19H,5-14,25H2,1-4H3/t15-,16+,17-,18+,19+,23-,24-/m1/s1. The molecule has 2 N–H and O–H groups in total. The van der Waals surface area contributed by atoms with Crippen molar-refractivity contribution in [1.82, 2.24) is 0 Å². The minimum Gasteiger partial charge on any atom is -0.396 e. The molecule has 152 valence electrons. The maximum Gasteiger partial charge on any atom is 0.178 e. The number of hydrogen-bond acceptors (Lipinski definition) is 3. The van der Waals surface area contributed by atoms with E-state index in [9.17, 15) is 4.79 Å². The SMILES string of the molecule is CCOC[C@@H](C)[C@H]1CC[C@H]2[C@@H]3CCC4=C(N)C(=O)CC[C@]4(C)[C@H]3CC[C@]12C. The first-order chi connectivity index (χ1) is 12.8. The van der Waals surface area contributed by atoms with Crippen molar-refractivity contribution >= 4 is 5.78 Å². The first-order valence-corrected chi connectivity index (χ1v) is 11.4. The van der Waals surface area contributed by atoms with E-state index in [1.165, 1.54) is 37.7 Å². The normalized spacial score (nSPS) is 45.3. The van der Waals surface area contributed by atoms with Crippen molar-refractivity contribution < 1.29 is 9.53 Å². The Morgan fingerprint density at radius 3 is 2.63 bits per heavy atom. The molecule has 4 aliphatic carbocycles. The van der Waals surface area contributed by atoms with Crippen LogP contribution in [0.4, 0.5) is 0 Å². The summed E-state index contributed by atoms with van der Waals surface area (Å²) in [5.74, 6) is 4.07. The number of nitrogens with two attached hydrogens (primary N) is 1. The zero-order chi connectivity index (χ0) is 19.4. The molecule has 27 heavy (non-hydrogen) atoms. The fraction of sp³-hybridized carbons (Fsp3) is 0.875. The lowest BCUT2D eigenvalue weighted by atomic mass is 9.46. The van der Waals surface area contributed by atoms with Crippen LogP contribution in [-0.2, 0) is 9.53 Å². The van der Waals surface area contributed by atoms with Crippen LogP contribution in [0.1, 0.15) is 79.1 Å². The van der Waals surface area contributed by atoms with Gasteiger partial charge >= 0.3 is 0 Å². The predicted molar refractivity (Wildman–Crippen MR) is 109 cm³/mol. The van der Waals surface area contributed by atoms with Crippen LogP contribution < -0.4 is 5.73 Å². The van der Waals surface area contributed by atoms with Crippen molar-refractivity contribution in [1.29, 1.82) is 0 Å². The van der Waals surface area contributed by atoms with Crippen LogP contribution >= 0.6 is 0 Å². The van der Waals surface area contributed by atoms with Gasteiger partial charge in [-0.1, -0.05) is 20.8 Å². The Morgan fingerprint density at radius 2 is 1.89 bits per heavy atom. The Hall–Kier alpha value is -0.830. The van der Waals surface area contributed by atoms with Crippen LogP contribution in [0.15, 0.2) is 11.3 Å². The number of fused-ring (bicyclic) bond motifs is 5. The lowest BCUT2D eigenvalue weighted by Gasteiger charge is -2.58. The average molecular weight is 374 g/mol. The highest BCUT2D eigenvalue weighted by Gasteiger charge is 2.59. The lowest BCUT2D eigenvalue weighted by Crippen LogP contribution is -2.52. The number of hydrogen-bond donors (Lipinski definition) is 1. The third kappa shape index (κ3) is 2.82. The van der Waals surface area contributed by atoms with Gasteiger partial charge in [-0.05, 0) is 97.9 Å². The minimum absolute atomic E-state index is 0.178. The molecule has 3 fully saturated rings. The van der Waals surface area contributed by atoms with Gasteiger partial charge < -0.3 is 10.5 Å². The van der Waals surface area contributed by atoms with Gasteiger partial charge in [0.2, 0.25) is 0 Å². The van der Waals surface area contributed by atoms with E-state index in [4.69, 9.17) is 10.5 Å². The van der Waals surface area contributed by atoms with E-state index in [1.54, 1.807) is 0 Å². The summed E-state index contributed by atoms with van der Waals surface area (Å²) in [4.78, 5) is 12.2. The molecule has 0 spiro atoms. The summed E-state index contributed by atoms with van der Waals surface area (Å²) < 4.78 is 5.80. The number of ether oxygens (including phenoxy) is 1. The number of allylic oxidation sites excluding steroid dienone is 1. The maximum absolute atomic E-state index is 12.2. The Kier molecular flexibility index (Phi) is 4.98. The molecule has 0 amide bonds. The van der Waals surface area contributed by atoms with Crippen molar-refractivity contribution in [3.8, 4) is 0 Å². The highest BCUT2D eigenvalue weighted by atomic mass is 16.5. The number of Topliss-reactive ketones (excluding diaryl/α,β-unsaturated/α-hetero) is 1. The van der Waals surface area contributed by atoms with Crippen LogP contribution in [0.2, 0.25) is 0 Å². The fourth-order valence-corrected chi connectivity index (χ4v) is 8.15. The molecule has 0 unspecified atom stereocenters. The number of rotatable bonds is 4. The summed E-state index contributed by atoms with van der Waals surface area (Å²) >= 11 is 0. The summed E-state index contributed by atoms with van der Waals surface area (Å²) in [6, 6.07) is 0. The van der Waals surface area contributed by atoms with Crippen molar-refractivity contribution in [3.05, 3.63) is 11.3 Å². The van der Waals surface area contributed by atoms with Crippen LogP contribution in [0.3, 0.4) is 0 Å². The van der Waals surface area contributed by atoms with E-state index in [2.05, 4.69) is 27.7 Å². The summed E-state index contributed by atoms with van der Waals surface area (Å²) in [5, 5.41) is 0. The Bertz CT molecular complexity index is 640. The van der Waals surface area contributed by atoms with Crippen molar-refractivity contribution in [3.63, 3.8) is 0 Å². The third-order valence-electron chi connectivity index (χ3n) is 9.51. The van der Waals surface area contributed by atoms with Gasteiger partial charge in [0.15, 0.2) is 5.78 Å². The van der Waals surface area contributed by atoms with Gasteiger partial charge in [0.1, 0.15) is 0 Å². The number of ketones is 1. The molecule has 7 atom stereocenters. The van der Waals surface area contributed by atoms with E-state index >= 15 is 0 Å². The van der Waals surface area contributed by atoms with E-state index in [1.807, 2.05) is 0 Å². The Morgan fingerprint density at radius 1 is 1.11 bits per heavy atom. The molecule has 0 bridgehead atoms. The molecule has 0 heterocycles. The summed E-state index contributed by atoms with van der Waals surface area (Å²) in [6.07, 6.45) is 9.41. The molecule has 3 heteroatoms. The van der Waals surface area contributed by atoms with Crippen molar-refractivity contribution in [2.45, 2.75) is 79.1 Å². The van der Waals surface area contributed by atoms with Gasteiger partial charge in [-0.15, -0.1) is 0 Å². The molecule has 3 nitrogen and oxygen atoms in total. The van der Waals surface area contributed by atoms with Gasteiger partial charge in [0.05, 0.1) is 5.70 Å². The van der Waals surface area contributed by atoms with E-state index in [-0.39, 0.29) is 11.2 Å². The zero-order valence-corrected chi connectivity index (χ0v) is 17.9. The molecule has 0 aromatic heterocycles. The fourth-order valence-electron chi connectivity index (χ4n) is 8.15. The largest absolute Gasteiger partial charge is 0.396 e. The lowest BCUT2D eigenvalue weighted by molar-refractivity contribution is -0.119. The molecule has 4 aliphatic rings. The monoisotopic (exact) mass is 373 g/mol. The second kappa shape index (κ2) is 6.90. The van der Waals surface area contributed by atoms with Gasteiger partial charge in [0.25, 0.3) is 0 Å². The van der Waals surface area contributed by atoms with E-state index < -0.39 is 0 Å². The maximum atomic E-state index is 12.2. The second-order valence-electron chi connectivity index (χ2n) is 10.5. The van der Waals surface area contributed by atoms with E-state index in [0.29, 0.717) is 23.5 Å². The van der Waals surface area contributed by atoms with Crippen LogP contribution in [0.25, 0.3) is 0 Å². The number of carbonyl (C=O) groups is 1. The van der Waals surface area contributed by atoms with Crippen molar-refractivity contribution in [2.24, 2.45) is 46.2 Å². The Balaban J connectivity index is 1.59. The summed E-state index contributed by atoms with van der Waals surface area (Å²) in [7, 11) is 0. The average Bonchev–Trinajstić information content (AvgIpc) is 3.00. The van der Waals surface area contributed by atoms with Gasteiger partial charge in [-0.25, -0.2) is 0 Å². The van der Waals surface area contributed by atoms with Crippen LogP contribution in [-0.4, -0.2) is 19.0 Å². The molecule has 0 aliphatic heterocycles. The molecule has 3 saturated carbocycles. The van der Waals surface area contributed by atoms with Crippen molar-refractivity contribution in [2.75, 3.05) is 13.2 Å². The highest BCUT2D eigenvalue weighted by molar-refractivity contribution is 5.96. The molecular formula is C24H39NO2. The van der Waals surface area contributed by atoms with E-state index in [0.717, 1.165) is 49.7 Å². The van der Waals surface area contributed by atoms with Crippen LogP contribution in [0, 0.1) is 40.4 Å². The summed E-state index contributed by atoms with van der Waals surface area (Å²) in [5.41, 5.74) is 8.90. The first kappa shape index (κ1) is 19.5. The number of carbonyl (C=O) groups excluding carboxylic acids is 1. The highest BCUT2D eigenvalue weighted by Crippen LogP contribution is 2.67. The molecule has 4 rings (SSSR count). The molecule has 0 saturated heterocycles. The first-order valence-electron chi connectivity index (χ1n) is 11.4. The molecular weight excluding hydrogens is 334 g/mol. The molecule has 0 aromatic carbocycles. The van der Waals surface area contributed by atoms with Crippen LogP contribution in [0.5, 0.6) is 0 Å². The second-order valence-corrected chi connectivity index (χ2v) is 10.5. The van der Waals surface area contributed by atoms with Gasteiger partial charge in [-0.3, -0.25) is 4.79 Å². The van der Waals surface area contributed by atoms with Gasteiger partial charge in [0, 0.05) is 19.6 Å². The Labute approximate surface area is 165 Å². The molecule has 0 radical (unpaired) electrons. The summed E-state index contributed by atoms with van der Waals surface area (Å²) in [6.45, 7) is 11.3. The zero-order valence-electron chi connectivity index (χ0n) is 17.9. The third-order valence-corrected chi connectivity index (χ3v) is 9.51.